The van der Waals surface area contributed by atoms with E-state index < -0.39 is 58.9 Å². The molecule has 4 aromatic rings. The molecule has 0 aliphatic heterocycles. The highest BCUT2D eigenvalue weighted by Crippen LogP contribution is 2.32. The van der Waals surface area contributed by atoms with Gasteiger partial charge in [0.05, 0.1) is 41.8 Å². The van der Waals surface area contributed by atoms with Gasteiger partial charge in [-0.25, -0.2) is 28.2 Å². The lowest BCUT2D eigenvalue weighted by atomic mass is 10.1. The number of alkyl halides is 4. The first kappa shape index (κ1) is 25.9. The molecule has 37 heavy (non-hydrogen) atoms. The summed E-state index contributed by atoms with van der Waals surface area (Å²) in [7, 11) is 0. The van der Waals surface area contributed by atoms with Gasteiger partial charge < -0.3 is 9.88 Å². The lowest BCUT2D eigenvalue weighted by molar-refractivity contribution is -0.138. The van der Waals surface area contributed by atoms with Gasteiger partial charge in [0.2, 0.25) is 0 Å². The molecule has 1 aromatic carbocycles. The molecular formula is C23H18F6N6O2. The van der Waals surface area contributed by atoms with Gasteiger partial charge in [0, 0.05) is 18.7 Å². The number of pyridine rings is 1. The topological polar surface area (TPSA) is 106 Å². The standard InChI is InChI=1S/C23H18F6N6O2/c1-11(33-18-9-32-34-21(36)19(18)23(27,28)29)4-13(24)10-35-3-2-12-5-16(17(26)6-15(12)22(35)37)20-30-7-14(25)8-31-20/h2-3,5-9,11,13H,4,10H2,1H3,(H2,33,34,36). The van der Waals surface area contributed by atoms with Crippen molar-refractivity contribution in [3.05, 3.63) is 80.9 Å². The van der Waals surface area contributed by atoms with E-state index in [1.165, 1.54) is 25.3 Å². The molecule has 2 atom stereocenters. The van der Waals surface area contributed by atoms with Crippen molar-refractivity contribution in [2.45, 2.75) is 38.3 Å². The molecule has 3 aromatic heterocycles. The minimum absolute atomic E-state index is 0.0476. The highest BCUT2D eigenvalue weighted by Gasteiger charge is 2.37. The first-order chi connectivity index (χ1) is 17.4. The Bertz CT molecular complexity index is 1550. The summed E-state index contributed by atoms with van der Waals surface area (Å²) in [5, 5.41) is 7.75. The molecule has 0 bridgehead atoms. The van der Waals surface area contributed by atoms with E-state index in [0.717, 1.165) is 29.2 Å². The van der Waals surface area contributed by atoms with Gasteiger partial charge in [-0.2, -0.15) is 18.3 Å². The number of rotatable bonds is 7. The molecule has 3 heterocycles. The molecule has 0 fully saturated rings. The molecule has 0 saturated carbocycles. The average Bonchev–Trinajstić information content (AvgIpc) is 2.80. The van der Waals surface area contributed by atoms with Gasteiger partial charge in [0.15, 0.2) is 11.6 Å². The third-order valence-corrected chi connectivity index (χ3v) is 5.47. The number of halogens is 6. The second kappa shape index (κ2) is 10.0. The Morgan fingerprint density at radius 3 is 2.49 bits per heavy atom. The molecule has 0 spiro atoms. The highest BCUT2D eigenvalue weighted by molar-refractivity contribution is 5.85. The maximum absolute atomic E-state index is 14.8. The monoisotopic (exact) mass is 524 g/mol. The quantitative estimate of drug-likeness (QED) is 0.353. The number of hydrogen-bond acceptors (Lipinski definition) is 6. The SMILES string of the molecule is CC(CC(F)Cn1ccc2cc(-c3ncc(F)cn3)c(F)cc2c1=O)Nc1cn[nH]c(=O)c1C(F)(F)F. The van der Waals surface area contributed by atoms with E-state index >= 15 is 0 Å². The minimum Gasteiger partial charge on any atom is -0.381 e. The van der Waals surface area contributed by atoms with Crippen molar-refractivity contribution in [2.24, 2.45) is 0 Å². The molecule has 14 heteroatoms. The second-order valence-corrected chi connectivity index (χ2v) is 8.28. The first-order valence-electron chi connectivity index (χ1n) is 10.8. The summed E-state index contributed by atoms with van der Waals surface area (Å²) in [6, 6.07) is 2.85. The first-order valence-corrected chi connectivity index (χ1v) is 10.8. The number of aromatic amines is 1. The zero-order chi connectivity index (χ0) is 26.9. The summed E-state index contributed by atoms with van der Waals surface area (Å²) in [6.07, 6.45) is -3.13. The van der Waals surface area contributed by atoms with Crippen LogP contribution in [0.1, 0.15) is 18.9 Å². The zero-order valence-electron chi connectivity index (χ0n) is 19.0. The third kappa shape index (κ3) is 5.62. The van der Waals surface area contributed by atoms with Crippen LogP contribution < -0.4 is 16.4 Å². The van der Waals surface area contributed by atoms with Crippen molar-refractivity contribution in [3.63, 3.8) is 0 Å². The Labute approximate surface area is 204 Å². The number of nitrogens with zero attached hydrogens (tertiary/aromatic N) is 4. The van der Waals surface area contributed by atoms with Crippen LogP contribution in [0.15, 0.2) is 52.6 Å². The van der Waals surface area contributed by atoms with Crippen molar-refractivity contribution >= 4 is 16.5 Å². The summed E-state index contributed by atoms with van der Waals surface area (Å²) >= 11 is 0. The third-order valence-electron chi connectivity index (χ3n) is 5.47. The fourth-order valence-electron chi connectivity index (χ4n) is 3.86. The predicted molar refractivity (Wildman–Crippen MR) is 122 cm³/mol. The van der Waals surface area contributed by atoms with Crippen LogP contribution in [-0.4, -0.2) is 36.9 Å². The number of fused-ring (bicyclic) bond motifs is 1. The van der Waals surface area contributed by atoms with Crippen LogP contribution in [-0.2, 0) is 12.7 Å². The van der Waals surface area contributed by atoms with Crippen molar-refractivity contribution in [2.75, 3.05) is 5.32 Å². The van der Waals surface area contributed by atoms with Gasteiger partial charge in [-0.15, -0.1) is 0 Å². The Morgan fingerprint density at radius 1 is 1.11 bits per heavy atom. The van der Waals surface area contributed by atoms with Crippen LogP contribution in [0.5, 0.6) is 0 Å². The van der Waals surface area contributed by atoms with Gasteiger partial charge >= 0.3 is 6.18 Å². The molecule has 0 radical (unpaired) electrons. The average molecular weight is 524 g/mol. The molecule has 0 saturated heterocycles. The van der Waals surface area contributed by atoms with Crippen molar-refractivity contribution in [1.82, 2.24) is 24.7 Å². The maximum atomic E-state index is 14.8. The van der Waals surface area contributed by atoms with E-state index in [1.807, 2.05) is 0 Å². The molecule has 0 aliphatic rings. The van der Waals surface area contributed by atoms with Gasteiger partial charge in [-0.1, -0.05) is 0 Å². The molecule has 0 aliphatic carbocycles. The normalized spacial score (nSPS) is 13.5. The van der Waals surface area contributed by atoms with Crippen LogP contribution in [0.2, 0.25) is 0 Å². The van der Waals surface area contributed by atoms with Crippen molar-refractivity contribution < 1.29 is 26.3 Å². The van der Waals surface area contributed by atoms with Crippen LogP contribution >= 0.6 is 0 Å². The Hall–Kier alpha value is -4.23. The van der Waals surface area contributed by atoms with E-state index in [2.05, 4.69) is 20.4 Å². The lowest BCUT2D eigenvalue weighted by Crippen LogP contribution is -2.30. The Morgan fingerprint density at radius 2 is 1.81 bits per heavy atom. The number of hydrogen-bond donors (Lipinski definition) is 2. The van der Waals surface area contributed by atoms with E-state index in [-0.39, 0.29) is 23.2 Å². The molecule has 2 unspecified atom stereocenters. The van der Waals surface area contributed by atoms with Crippen LogP contribution in [0, 0.1) is 11.6 Å². The summed E-state index contributed by atoms with van der Waals surface area (Å²) in [6.45, 7) is 0.955. The Kier molecular flexibility index (Phi) is 7.01. The number of anilines is 1. The fourth-order valence-corrected chi connectivity index (χ4v) is 3.86. The number of aromatic nitrogens is 5. The van der Waals surface area contributed by atoms with Crippen LogP contribution in [0.4, 0.5) is 32.0 Å². The van der Waals surface area contributed by atoms with Crippen LogP contribution in [0.3, 0.4) is 0 Å². The maximum Gasteiger partial charge on any atom is 0.423 e. The number of benzene rings is 1. The number of nitrogens with one attached hydrogen (secondary N) is 2. The van der Waals surface area contributed by atoms with Gasteiger partial charge in [0.25, 0.3) is 11.1 Å². The summed E-state index contributed by atoms with van der Waals surface area (Å²) < 4.78 is 83.2. The van der Waals surface area contributed by atoms with Crippen molar-refractivity contribution in [1.29, 1.82) is 0 Å². The molecule has 8 nitrogen and oxygen atoms in total. The van der Waals surface area contributed by atoms with Crippen LogP contribution in [0.25, 0.3) is 22.2 Å². The molecule has 194 valence electrons. The highest BCUT2D eigenvalue weighted by atomic mass is 19.4. The van der Waals surface area contributed by atoms with Gasteiger partial charge in [-0.05, 0) is 30.5 Å². The minimum atomic E-state index is -4.95. The van der Waals surface area contributed by atoms with Gasteiger partial charge in [-0.3, -0.25) is 9.59 Å². The molecular weight excluding hydrogens is 506 g/mol. The fraction of sp³-hybridized carbons (Fsp3) is 0.261. The summed E-state index contributed by atoms with van der Waals surface area (Å²) in [5.74, 6) is -1.62. The van der Waals surface area contributed by atoms with Gasteiger partial charge in [0.1, 0.15) is 17.6 Å². The predicted octanol–water partition coefficient (Wildman–Crippen LogP) is 4.07. The second-order valence-electron chi connectivity index (χ2n) is 8.28. The van der Waals surface area contributed by atoms with E-state index in [9.17, 15) is 35.9 Å². The summed E-state index contributed by atoms with van der Waals surface area (Å²) in [4.78, 5) is 31.9. The van der Waals surface area contributed by atoms with E-state index in [4.69, 9.17) is 0 Å². The lowest BCUT2D eigenvalue weighted by Gasteiger charge is -2.20. The van der Waals surface area contributed by atoms with E-state index in [0.29, 0.717) is 5.39 Å². The smallest absolute Gasteiger partial charge is 0.381 e. The van der Waals surface area contributed by atoms with Crippen molar-refractivity contribution in [3.8, 4) is 11.4 Å². The molecule has 0 amide bonds. The Balaban J connectivity index is 1.51. The number of H-pyrrole nitrogens is 1. The zero-order valence-corrected chi connectivity index (χ0v) is 19.0. The molecule has 2 N–H and O–H groups in total. The van der Waals surface area contributed by atoms with E-state index in [1.54, 1.807) is 5.10 Å². The summed E-state index contributed by atoms with van der Waals surface area (Å²) in [5.41, 5.74) is -4.27. The molecule has 4 rings (SSSR count). The largest absolute Gasteiger partial charge is 0.423 e.